The molecule has 2 aromatic rings. The van der Waals surface area contributed by atoms with Crippen molar-refractivity contribution in [3.05, 3.63) is 49.6 Å². The smallest absolute Gasteiger partial charge is 0.119 e. The molecule has 0 fully saturated rings. The summed E-state index contributed by atoms with van der Waals surface area (Å²) in [7, 11) is 1.69. The molecule has 0 bridgehead atoms. The molecule has 0 aliphatic heterocycles. The first-order valence-electron chi connectivity index (χ1n) is 5.96. The number of thiophene rings is 1. The highest BCUT2D eigenvalue weighted by Gasteiger charge is 2.03. The van der Waals surface area contributed by atoms with E-state index < -0.39 is 0 Å². The standard InChI is InChI=1S/C14H15BrClNOS/c1-18-11-4-2-3-10(7-11)5-6-17-9-12-8-13(15)14(16)19-12/h2-4,7-8,17H,5-6,9H2,1H3. The van der Waals surface area contributed by atoms with Crippen molar-refractivity contribution in [2.75, 3.05) is 13.7 Å². The minimum Gasteiger partial charge on any atom is -0.497 e. The fourth-order valence-electron chi connectivity index (χ4n) is 1.75. The monoisotopic (exact) mass is 359 g/mol. The Hall–Kier alpha value is -0.550. The van der Waals surface area contributed by atoms with Crippen LogP contribution in [-0.2, 0) is 13.0 Å². The van der Waals surface area contributed by atoms with Crippen LogP contribution in [-0.4, -0.2) is 13.7 Å². The number of methoxy groups -OCH3 is 1. The van der Waals surface area contributed by atoms with E-state index in [1.54, 1.807) is 18.4 Å². The van der Waals surface area contributed by atoms with Gasteiger partial charge in [0, 0.05) is 15.9 Å². The number of nitrogens with one attached hydrogen (secondary N) is 1. The van der Waals surface area contributed by atoms with E-state index in [2.05, 4.69) is 39.4 Å². The molecule has 0 atom stereocenters. The van der Waals surface area contributed by atoms with Gasteiger partial charge >= 0.3 is 0 Å². The topological polar surface area (TPSA) is 21.3 Å². The summed E-state index contributed by atoms with van der Waals surface area (Å²) in [5, 5.41) is 3.42. The largest absolute Gasteiger partial charge is 0.497 e. The SMILES string of the molecule is COc1cccc(CCNCc2cc(Br)c(Cl)s2)c1. The van der Waals surface area contributed by atoms with Gasteiger partial charge in [-0.25, -0.2) is 0 Å². The van der Waals surface area contributed by atoms with E-state index in [9.17, 15) is 0 Å². The summed E-state index contributed by atoms with van der Waals surface area (Å²) in [5.41, 5.74) is 1.28. The second kappa shape index (κ2) is 7.29. The van der Waals surface area contributed by atoms with E-state index in [4.69, 9.17) is 16.3 Å². The maximum atomic E-state index is 6.00. The second-order valence-corrected chi connectivity index (χ2v) is 6.71. The molecule has 0 unspecified atom stereocenters. The van der Waals surface area contributed by atoms with Gasteiger partial charge in [-0.2, -0.15) is 0 Å². The van der Waals surface area contributed by atoms with Gasteiger partial charge < -0.3 is 10.1 Å². The van der Waals surface area contributed by atoms with E-state index in [0.717, 1.165) is 34.1 Å². The van der Waals surface area contributed by atoms with Crippen LogP contribution in [0.15, 0.2) is 34.8 Å². The van der Waals surface area contributed by atoms with Gasteiger partial charge in [0.1, 0.15) is 10.1 Å². The Morgan fingerprint density at radius 2 is 2.21 bits per heavy atom. The van der Waals surface area contributed by atoms with E-state index in [1.807, 2.05) is 12.1 Å². The molecule has 0 spiro atoms. The van der Waals surface area contributed by atoms with Crippen molar-refractivity contribution in [1.82, 2.24) is 5.32 Å². The molecule has 2 rings (SSSR count). The summed E-state index contributed by atoms with van der Waals surface area (Å²) in [6, 6.07) is 10.2. The third-order valence-electron chi connectivity index (χ3n) is 2.72. The molecule has 19 heavy (non-hydrogen) atoms. The second-order valence-electron chi connectivity index (χ2n) is 4.11. The van der Waals surface area contributed by atoms with Crippen molar-refractivity contribution in [3.63, 3.8) is 0 Å². The number of rotatable bonds is 6. The molecule has 2 nitrogen and oxygen atoms in total. The van der Waals surface area contributed by atoms with E-state index in [-0.39, 0.29) is 0 Å². The summed E-state index contributed by atoms with van der Waals surface area (Å²) in [6.45, 7) is 1.78. The van der Waals surface area contributed by atoms with Gasteiger partial charge in [0.2, 0.25) is 0 Å². The lowest BCUT2D eigenvalue weighted by molar-refractivity contribution is 0.414. The maximum Gasteiger partial charge on any atom is 0.119 e. The Morgan fingerprint density at radius 3 is 2.89 bits per heavy atom. The molecule has 1 aromatic carbocycles. The molecule has 0 aliphatic rings. The fraction of sp³-hybridized carbons (Fsp3) is 0.286. The lowest BCUT2D eigenvalue weighted by Gasteiger charge is -2.05. The van der Waals surface area contributed by atoms with E-state index in [1.165, 1.54) is 10.4 Å². The van der Waals surface area contributed by atoms with E-state index >= 15 is 0 Å². The zero-order valence-corrected chi connectivity index (χ0v) is 13.7. The first-order chi connectivity index (χ1) is 9.19. The first-order valence-corrected chi connectivity index (χ1v) is 7.95. The summed E-state index contributed by atoms with van der Waals surface area (Å²) >= 11 is 11.0. The van der Waals surface area contributed by atoms with Gasteiger partial charge in [0.15, 0.2) is 0 Å². The Morgan fingerprint density at radius 1 is 1.37 bits per heavy atom. The molecule has 0 aliphatic carbocycles. The zero-order valence-electron chi connectivity index (χ0n) is 10.6. The Bertz CT molecular complexity index is 524. The van der Waals surface area contributed by atoms with Crippen LogP contribution in [0, 0.1) is 0 Å². The number of ether oxygens (including phenoxy) is 1. The van der Waals surface area contributed by atoms with Crippen LogP contribution >= 0.6 is 38.9 Å². The van der Waals surface area contributed by atoms with Gasteiger partial charge in [-0.3, -0.25) is 0 Å². The van der Waals surface area contributed by atoms with E-state index in [0.29, 0.717) is 0 Å². The quantitative estimate of drug-likeness (QED) is 0.766. The first kappa shape index (κ1) is 14.9. The van der Waals surface area contributed by atoms with Gasteiger partial charge in [-0.05, 0) is 52.7 Å². The van der Waals surface area contributed by atoms with Crippen LogP contribution in [0.4, 0.5) is 0 Å². The minimum absolute atomic E-state index is 0.810. The third kappa shape index (κ3) is 4.49. The third-order valence-corrected chi connectivity index (χ3v) is 5.19. The van der Waals surface area contributed by atoms with Crippen molar-refractivity contribution in [1.29, 1.82) is 0 Å². The molecule has 1 N–H and O–H groups in total. The average Bonchev–Trinajstić information content (AvgIpc) is 2.74. The van der Waals surface area contributed by atoms with Crippen LogP contribution in [0.3, 0.4) is 0 Å². The fourth-order valence-corrected chi connectivity index (χ4v) is 3.51. The average molecular weight is 361 g/mol. The van der Waals surface area contributed by atoms with Crippen molar-refractivity contribution in [2.24, 2.45) is 0 Å². The number of hydrogen-bond donors (Lipinski definition) is 1. The molecular weight excluding hydrogens is 346 g/mol. The van der Waals surface area contributed by atoms with Crippen LogP contribution in [0.2, 0.25) is 4.34 Å². The highest BCUT2D eigenvalue weighted by atomic mass is 79.9. The van der Waals surface area contributed by atoms with Gasteiger partial charge in [-0.15, -0.1) is 11.3 Å². The highest BCUT2D eigenvalue weighted by molar-refractivity contribution is 9.10. The summed E-state index contributed by atoms with van der Waals surface area (Å²) in [5.74, 6) is 0.909. The van der Waals surface area contributed by atoms with Crippen LogP contribution in [0.1, 0.15) is 10.4 Å². The Kier molecular flexibility index (Phi) is 5.70. The van der Waals surface area contributed by atoms with Gasteiger partial charge in [0.05, 0.1) is 7.11 Å². The molecule has 0 amide bonds. The summed E-state index contributed by atoms with van der Waals surface area (Å²) < 4.78 is 6.99. The lowest BCUT2D eigenvalue weighted by Crippen LogP contribution is -2.15. The Labute approximate surface area is 130 Å². The number of benzene rings is 1. The molecule has 0 radical (unpaired) electrons. The highest BCUT2D eigenvalue weighted by Crippen LogP contribution is 2.31. The maximum absolute atomic E-state index is 6.00. The molecule has 0 saturated heterocycles. The minimum atomic E-state index is 0.810. The molecule has 1 heterocycles. The van der Waals surface area contributed by atoms with Crippen LogP contribution in [0.25, 0.3) is 0 Å². The van der Waals surface area contributed by atoms with Crippen LogP contribution in [0.5, 0.6) is 5.75 Å². The van der Waals surface area contributed by atoms with Crippen molar-refractivity contribution >= 4 is 38.9 Å². The molecule has 1 aromatic heterocycles. The molecule has 0 saturated carbocycles. The van der Waals surface area contributed by atoms with Crippen molar-refractivity contribution in [2.45, 2.75) is 13.0 Å². The number of halogens is 2. The summed E-state index contributed by atoms with van der Waals surface area (Å²) in [6.07, 6.45) is 0.984. The summed E-state index contributed by atoms with van der Waals surface area (Å²) in [4.78, 5) is 1.24. The van der Waals surface area contributed by atoms with Crippen LogP contribution < -0.4 is 10.1 Å². The Balaban J connectivity index is 1.77. The molecule has 5 heteroatoms. The number of hydrogen-bond acceptors (Lipinski definition) is 3. The predicted molar refractivity (Wildman–Crippen MR) is 85.4 cm³/mol. The van der Waals surface area contributed by atoms with Gasteiger partial charge in [0.25, 0.3) is 0 Å². The molecular formula is C14H15BrClNOS. The lowest BCUT2D eigenvalue weighted by atomic mass is 10.1. The molecule has 102 valence electrons. The predicted octanol–water partition coefficient (Wildman–Crippen LogP) is 4.50. The van der Waals surface area contributed by atoms with Gasteiger partial charge in [-0.1, -0.05) is 23.7 Å². The zero-order chi connectivity index (χ0) is 13.7. The normalized spacial score (nSPS) is 10.7. The van der Waals surface area contributed by atoms with Crippen molar-refractivity contribution in [3.8, 4) is 5.75 Å². The van der Waals surface area contributed by atoms with Crippen molar-refractivity contribution < 1.29 is 4.74 Å².